The number of carbonyl (C=O) groups is 1. The molecule has 29 heavy (non-hydrogen) atoms. The van der Waals surface area contributed by atoms with Crippen LogP contribution >= 0.6 is 0 Å². The average Bonchev–Trinajstić information content (AvgIpc) is 3.35. The van der Waals surface area contributed by atoms with Crippen molar-refractivity contribution < 1.29 is 9.32 Å². The molecule has 1 fully saturated rings. The maximum atomic E-state index is 12.6. The predicted molar refractivity (Wildman–Crippen MR) is 110 cm³/mol. The molecule has 0 bridgehead atoms. The molecule has 3 aromatic rings. The molecule has 8 heteroatoms. The fourth-order valence-corrected chi connectivity index (χ4v) is 3.56. The van der Waals surface area contributed by atoms with Gasteiger partial charge >= 0.3 is 0 Å². The van der Waals surface area contributed by atoms with Crippen LogP contribution in [0.3, 0.4) is 0 Å². The zero-order valence-corrected chi connectivity index (χ0v) is 16.7. The molecule has 0 spiro atoms. The first-order valence-electron chi connectivity index (χ1n) is 9.54. The summed E-state index contributed by atoms with van der Waals surface area (Å²) in [6.07, 6.45) is 4.11. The molecule has 8 nitrogen and oxygen atoms in total. The van der Waals surface area contributed by atoms with Gasteiger partial charge in [-0.1, -0.05) is 5.16 Å². The lowest BCUT2D eigenvalue weighted by Crippen LogP contribution is -2.36. The largest absolute Gasteiger partial charge is 0.378 e. The minimum absolute atomic E-state index is 0.0160. The first kappa shape index (κ1) is 19.1. The van der Waals surface area contributed by atoms with Crippen molar-refractivity contribution in [2.75, 3.05) is 32.6 Å². The lowest BCUT2D eigenvalue weighted by Gasteiger charge is -2.15. The summed E-state index contributed by atoms with van der Waals surface area (Å²) in [5.74, 6) is 1.04. The van der Waals surface area contributed by atoms with Gasteiger partial charge in [0.2, 0.25) is 11.7 Å². The molecule has 150 valence electrons. The lowest BCUT2D eigenvalue weighted by atomic mass is 10.1. The molecule has 1 aliphatic rings. The second kappa shape index (κ2) is 8.00. The smallest absolute Gasteiger partial charge is 0.251 e. The summed E-state index contributed by atoms with van der Waals surface area (Å²) in [4.78, 5) is 25.3. The lowest BCUT2D eigenvalue weighted by molar-refractivity contribution is 0.0938. The molecule has 0 aliphatic carbocycles. The van der Waals surface area contributed by atoms with Crippen LogP contribution in [0.4, 0.5) is 5.69 Å². The van der Waals surface area contributed by atoms with Gasteiger partial charge in [0, 0.05) is 55.9 Å². The van der Waals surface area contributed by atoms with E-state index in [0.29, 0.717) is 17.3 Å². The summed E-state index contributed by atoms with van der Waals surface area (Å²) in [5.41, 5.74) is 2.57. The fourth-order valence-electron chi connectivity index (χ4n) is 3.56. The average molecular weight is 392 g/mol. The number of amides is 1. The molecule has 2 unspecified atom stereocenters. The van der Waals surface area contributed by atoms with Crippen LogP contribution in [0.2, 0.25) is 0 Å². The van der Waals surface area contributed by atoms with Gasteiger partial charge in [-0.05, 0) is 49.9 Å². The van der Waals surface area contributed by atoms with E-state index >= 15 is 0 Å². The Hall–Kier alpha value is -3.26. The van der Waals surface area contributed by atoms with Gasteiger partial charge in [0.05, 0.1) is 6.04 Å². The van der Waals surface area contributed by atoms with E-state index in [1.54, 1.807) is 12.4 Å². The van der Waals surface area contributed by atoms with Gasteiger partial charge in [-0.3, -0.25) is 14.7 Å². The zero-order valence-electron chi connectivity index (χ0n) is 16.7. The molecular weight excluding hydrogens is 368 g/mol. The van der Waals surface area contributed by atoms with E-state index in [0.717, 1.165) is 24.2 Å². The van der Waals surface area contributed by atoms with E-state index in [2.05, 4.69) is 25.3 Å². The molecule has 2 aromatic heterocycles. The number of carbonyl (C=O) groups excluding carboxylic acids is 1. The number of nitrogens with zero attached hydrogens (tertiary/aromatic N) is 5. The van der Waals surface area contributed by atoms with Gasteiger partial charge in [0.1, 0.15) is 0 Å². The Morgan fingerprint density at radius 1 is 1.17 bits per heavy atom. The highest BCUT2D eigenvalue weighted by Crippen LogP contribution is 2.31. The second-order valence-corrected chi connectivity index (χ2v) is 7.49. The Kier molecular flexibility index (Phi) is 5.26. The Balaban J connectivity index is 1.41. The van der Waals surface area contributed by atoms with Gasteiger partial charge in [-0.2, -0.15) is 4.98 Å². The summed E-state index contributed by atoms with van der Waals surface area (Å²) in [7, 11) is 5.95. The summed E-state index contributed by atoms with van der Waals surface area (Å²) in [6, 6.07) is 11.3. The number of nitrogens with one attached hydrogen (secondary N) is 1. The number of rotatable bonds is 5. The molecule has 1 aliphatic heterocycles. The van der Waals surface area contributed by atoms with E-state index < -0.39 is 0 Å². The van der Waals surface area contributed by atoms with Crippen molar-refractivity contribution in [3.63, 3.8) is 0 Å². The van der Waals surface area contributed by atoms with Crippen molar-refractivity contribution in [2.45, 2.75) is 18.5 Å². The van der Waals surface area contributed by atoms with E-state index in [1.807, 2.05) is 62.4 Å². The van der Waals surface area contributed by atoms with E-state index in [-0.39, 0.29) is 18.0 Å². The van der Waals surface area contributed by atoms with Crippen LogP contribution in [0, 0.1) is 0 Å². The highest BCUT2D eigenvalue weighted by Gasteiger charge is 2.35. The third-order valence-corrected chi connectivity index (χ3v) is 5.19. The molecular formula is C21H24N6O2. The minimum atomic E-state index is -0.0719. The van der Waals surface area contributed by atoms with Crippen molar-refractivity contribution in [1.29, 1.82) is 0 Å². The summed E-state index contributed by atoms with van der Waals surface area (Å²) in [6.45, 7) is 0.721. The molecule has 1 amide bonds. The summed E-state index contributed by atoms with van der Waals surface area (Å²) < 4.78 is 5.51. The number of likely N-dealkylation sites (tertiary alicyclic amines) is 1. The number of hydrogen-bond acceptors (Lipinski definition) is 7. The molecule has 1 N–H and O–H groups in total. The van der Waals surface area contributed by atoms with E-state index in [4.69, 9.17) is 4.52 Å². The van der Waals surface area contributed by atoms with Crippen LogP contribution in [-0.4, -0.2) is 59.7 Å². The van der Waals surface area contributed by atoms with Gasteiger partial charge in [-0.25, -0.2) is 0 Å². The first-order valence-corrected chi connectivity index (χ1v) is 9.54. The summed E-state index contributed by atoms with van der Waals surface area (Å²) in [5, 5.41) is 7.21. The van der Waals surface area contributed by atoms with Crippen LogP contribution in [0.25, 0.3) is 11.4 Å². The maximum absolute atomic E-state index is 12.6. The van der Waals surface area contributed by atoms with Crippen LogP contribution < -0.4 is 10.2 Å². The predicted octanol–water partition coefficient (Wildman–Crippen LogP) is 2.37. The van der Waals surface area contributed by atoms with Crippen molar-refractivity contribution >= 4 is 11.6 Å². The number of likely N-dealkylation sites (N-methyl/N-ethyl adjacent to an activating group) is 1. The normalized spacial score (nSPS) is 19.3. The fraction of sp³-hybridized carbons (Fsp3) is 0.333. The Bertz CT molecular complexity index is 970. The highest BCUT2D eigenvalue weighted by molar-refractivity contribution is 5.94. The Labute approximate surface area is 169 Å². The zero-order chi connectivity index (χ0) is 20.4. The van der Waals surface area contributed by atoms with Crippen LogP contribution in [0.5, 0.6) is 0 Å². The van der Waals surface area contributed by atoms with E-state index in [1.165, 1.54) is 0 Å². The number of aromatic nitrogens is 3. The van der Waals surface area contributed by atoms with Crippen LogP contribution in [-0.2, 0) is 0 Å². The van der Waals surface area contributed by atoms with Crippen LogP contribution in [0.15, 0.2) is 53.3 Å². The number of benzene rings is 1. The molecule has 2 atom stereocenters. The molecule has 3 heterocycles. The molecule has 0 radical (unpaired) electrons. The van der Waals surface area contributed by atoms with Crippen LogP contribution in [0.1, 0.15) is 28.7 Å². The SMILES string of the molecule is CN(C)c1ccc(C(=O)NC2CC(c3nc(-c4ccncc4)no3)N(C)C2)cc1. The monoisotopic (exact) mass is 392 g/mol. The van der Waals surface area contributed by atoms with Crippen molar-refractivity contribution in [3.05, 3.63) is 60.2 Å². The van der Waals surface area contributed by atoms with Crippen molar-refractivity contribution in [2.24, 2.45) is 0 Å². The van der Waals surface area contributed by atoms with E-state index in [9.17, 15) is 4.79 Å². The molecule has 0 saturated carbocycles. The first-order chi connectivity index (χ1) is 14.0. The molecule has 1 aromatic carbocycles. The highest BCUT2D eigenvalue weighted by atomic mass is 16.5. The van der Waals surface area contributed by atoms with Crippen molar-refractivity contribution in [1.82, 2.24) is 25.3 Å². The molecule has 1 saturated heterocycles. The number of pyridine rings is 1. The minimum Gasteiger partial charge on any atom is -0.378 e. The number of hydrogen-bond donors (Lipinski definition) is 1. The van der Waals surface area contributed by atoms with Gasteiger partial charge in [-0.15, -0.1) is 0 Å². The quantitative estimate of drug-likeness (QED) is 0.713. The standard InChI is InChI=1S/C21H24N6O2/c1-26(2)17-6-4-15(5-7-17)20(28)23-16-12-18(27(3)13-16)21-24-19(25-29-21)14-8-10-22-11-9-14/h4-11,16,18H,12-13H2,1-3H3,(H,23,28). The van der Waals surface area contributed by atoms with Gasteiger partial charge < -0.3 is 14.7 Å². The van der Waals surface area contributed by atoms with Gasteiger partial charge in [0.15, 0.2) is 0 Å². The Morgan fingerprint density at radius 3 is 2.59 bits per heavy atom. The second-order valence-electron chi connectivity index (χ2n) is 7.49. The molecule has 4 rings (SSSR count). The Morgan fingerprint density at radius 2 is 1.90 bits per heavy atom. The summed E-state index contributed by atoms with van der Waals surface area (Å²) >= 11 is 0. The third-order valence-electron chi connectivity index (χ3n) is 5.19. The number of anilines is 1. The third kappa shape index (κ3) is 4.12. The van der Waals surface area contributed by atoms with Crippen molar-refractivity contribution in [3.8, 4) is 11.4 Å². The van der Waals surface area contributed by atoms with Gasteiger partial charge in [0.25, 0.3) is 5.91 Å². The topological polar surface area (TPSA) is 87.4 Å². The maximum Gasteiger partial charge on any atom is 0.251 e.